The molecule has 0 fully saturated rings. The normalized spacial score (nSPS) is 13.6. The highest BCUT2D eigenvalue weighted by Gasteiger charge is 2.17. The highest BCUT2D eigenvalue weighted by atomic mass is 35.5. The molecule has 2 heterocycles. The summed E-state index contributed by atoms with van der Waals surface area (Å²) in [5.74, 6) is -0.836. The first-order valence-electron chi connectivity index (χ1n) is 8.48. The molecule has 0 N–H and O–H groups in total. The van der Waals surface area contributed by atoms with Crippen LogP contribution in [0.1, 0.15) is 22.3 Å². The summed E-state index contributed by atoms with van der Waals surface area (Å²) in [6, 6.07) is 11.5. The maximum Gasteiger partial charge on any atom is 0.126 e. The number of hydrogen-bond acceptors (Lipinski definition) is 2. The number of anilines is 1. The van der Waals surface area contributed by atoms with Gasteiger partial charge in [0.2, 0.25) is 0 Å². The summed E-state index contributed by atoms with van der Waals surface area (Å²) in [6.07, 6.45) is 4.74. The minimum Gasteiger partial charge on any atom is -0.366 e. The van der Waals surface area contributed by atoms with Crippen molar-refractivity contribution in [3.05, 3.63) is 93.8 Å². The Morgan fingerprint density at radius 1 is 1.00 bits per heavy atom. The third-order valence-corrected chi connectivity index (χ3v) is 4.96. The van der Waals surface area contributed by atoms with Crippen molar-refractivity contribution in [3.63, 3.8) is 0 Å². The van der Waals surface area contributed by atoms with Crippen LogP contribution >= 0.6 is 11.6 Å². The lowest BCUT2D eigenvalue weighted by Gasteiger charge is -2.30. The Kier molecular flexibility index (Phi) is 4.60. The minimum atomic E-state index is -0.434. The van der Waals surface area contributed by atoms with Crippen LogP contribution in [-0.2, 0) is 19.4 Å². The van der Waals surface area contributed by atoms with E-state index in [0.29, 0.717) is 12.0 Å². The van der Waals surface area contributed by atoms with E-state index in [1.807, 2.05) is 24.4 Å². The van der Waals surface area contributed by atoms with Gasteiger partial charge in [0.25, 0.3) is 0 Å². The topological polar surface area (TPSA) is 16.1 Å². The van der Waals surface area contributed by atoms with Crippen LogP contribution in [0.15, 0.2) is 54.9 Å². The first kappa shape index (κ1) is 17.0. The van der Waals surface area contributed by atoms with E-state index in [2.05, 4.69) is 16.0 Å². The Labute approximate surface area is 156 Å². The lowest BCUT2D eigenvalue weighted by molar-refractivity contribution is 0.588. The maximum absolute atomic E-state index is 13.9. The van der Waals surface area contributed by atoms with Gasteiger partial charge in [-0.1, -0.05) is 17.7 Å². The summed E-state index contributed by atoms with van der Waals surface area (Å²) >= 11 is 6.07. The number of fused-ring (bicyclic) bond motifs is 1. The van der Waals surface area contributed by atoms with Crippen molar-refractivity contribution in [3.8, 4) is 0 Å². The molecule has 1 aliphatic heterocycles. The predicted octanol–water partition coefficient (Wildman–Crippen LogP) is 5.17. The molecule has 2 nitrogen and oxygen atoms in total. The fraction of sp³-hybridized carbons (Fsp3) is 0.190. The standard InChI is InChI=1S/C21H17ClF2N2/c22-18-2-1-16-13-26(6-5-15(16)9-18)20-8-14(11-25-12-20)7-17-10-19(23)3-4-21(17)24/h1-4,8-12H,5-7,13H2. The number of nitrogens with zero attached hydrogens (tertiary/aromatic N) is 2. The van der Waals surface area contributed by atoms with Crippen molar-refractivity contribution < 1.29 is 8.78 Å². The molecule has 4 rings (SSSR count). The molecule has 26 heavy (non-hydrogen) atoms. The van der Waals surface area contributed by atoms with Gasteiger partial charge in [0.05, 0.1) is 11.9 Å². The highest BCUT2D eigenvalue weighted by Crippen LogP contribution is 2.27. The van der Waals surface area contributed by atoms with Crippen LogP contribution < -0.4 is 4.90 Å². The van der Waals surface area contributed by atoms with Crippen LogP contribution in [-0.4, -0.2) is 11.5 Å². The number of aromatic nitrogens is 1. The molecule has 0 spiro atoms. The molecule has 0 saturated carbocycles. The smallest absolute Gasteiger partial charge is 0.126 e. The zero-order valence-corrected chi connectivity index (χ0v) is 14.8. The van der Waals surface area contributed by atoms with Crippen LogP contribution in [0.25, 0.3) is 0 Å². The zero-order valence-electron chi connectivity index (χ0n) is 14.1. The molecule has 5 heteroatoms. The van der Waals surface area contributed by atoms with Crippen molar-refractivity contribution in [2.24, 2.45) is 0 Å². The number of rotatable bonds is 3. The molecule has 0 amide bonds. The second-order valence-electron chi connectivity index (χ2n) is 6.55. The van der Waals surface area contributed by atoms with E-state index >= 15 is 0 Å². The molecule has 3 aromatic rings. The molecule has 0 unspecified atom stereocenters. The number of benzene rings is 2. The number of halogens is 3. The fourth-order valence-electron chi connectivity index (χ4n) is 3.38. The van der Waals surface area contributed by atoms with E-state index in [4.69, 9.17) is 11.6 Å². The molecule has 1 aliphatic rings. The monoisotopic (exact) mass is 370 g/mol. The molecule has 1 aromatic heterocycles. The van der Waals surface area contributed by atoms with Gasteiger partial charge < -0.3 is 4.90 Å². The van der Waals surface area contributed by atoms with E-state index in [1.165, 1.54) is 17.2 Å². The molecule has 0 radical (unpaired) electrons. The molecule has 0 saturated heterocycles. The second kappa shape index (κ2) is 7.04. The maximum atomic E-state index is 13.9. The Balaban J connectivity index is 1.56. The Bertz CT molecular complexity index is 958. The van der Waals surface area contributed by atoms with Gasteiger partial charge in [-0.25, -0.2) is 8.78 Å². The van der Waals surface area contributed by atoms with Crippen LogP contribution in [0.3, 0.4) is 0 Å². The average Bonchev–Trinajstić information content (AvgIpc) is 2.64. The Morgan fingerprint density at radius 2 is 1.88 bits per heavy atom. The van der Waals surface area contributed by atoms with Crippen LogP contribution in [0, 0.1) is 11.6 Å². The van der Waals surface area contributed by atoms with Crippen LogP contribution in [0.2, 0.25) is 5.02 Å². The van der Waals surface area contributed by atoms with E-state index in [-0.39, 0.29) is 0 Å². The second-order valence-corrected chi connectivity index (χ2v) is 6.98. The van der Waals surface area contributed by atoms with Gasteiger partial charge in [0, 0.05) is 30.7 Å². The van der Waals surface area contributed by atoms with Crippen molar-refractivity contribution in [2.45, 2.75) is 19.4 Å². The average molecular weight is 371 g/mol. The summed E-state index contributed by atoms with van der Waals surface area (Å²) < 4.78 is 27.3. The molecule has 2 aromatic carbocycles. The molecule has 0 aliphatic carbocycles. The van der Waals surface area contributed by atoms with Gasteiger partial charge in [0.15, 0.2) is 0 Å². The number of hydrogen-bond donors (Lipinski definition) is 0. The lowest BCUT2D eigenvalue weighted by Crippen LogP contribution is -2.30. The van der Waals surface area contributed by atoms with Crippen LogP contribution in [0.5, 0.6) is 0 Å². The third-order valence-electron chi connectivity index (χ3n) is 4.73. The van der Waals surface area contributed by atoms with Gasteiger partial charge >= 0.3 is 0 Å². The first-order valence-corrected chi connectivity index (χ1v) is 8.86. The summed E-state index contributed by atoms with van der Waals surface area (Å²) in [7, 11) is 0. The van der Waals surface area contributed by atoms with E-state index in [9.17, 15) is 8.78 Å². The molecule has 132 valence electrons. The largest absolute Gasteiger partial charge is 0.366 e. The van der Waals surface area contributed by atoms with E-state index in [1.54, 1.807) is 6.20 Å². The quantitative estimate of drug-likeness (QED) is 0.632. The van der Waals surface area contributed by atoms with Gasteiger partial charge in [-0.15, -0.1) is 0 Å². The van der Waals surface area contributed by atoms with Gasteiger partial charge in [0.1, 0.15) is 11.6 Å². The van der Waals surface area contributed by atoms with Gasteiger partial charge in [-0.3, -0.25) is 4.98 Å². The van der Waals surface area contributed by atoms with Crippen LogP contribution in [0.4, 0.5) is 14.5 Å². The fourth-order valence-corrected chi connectivity index (χ4v) is 3.58. The third kappa shape index (κ3) is 3.56. The first-order chi connectivity index (χ1) is 12.6. The molecular formula is C21H17ClF2N2. The van der Waals surface area contributed by atoms with Crippen molar-refractivity contribution >= 4 is 17.3 Å². The molecule has 0 bridgehead atoms. The van der Waals surface area contributed by atoms with Gasteiger partial charge in [-0.2, -0.15) is 0 Å². The SMILES string of the molecule is Fc1ccc(F)c(Cc2cncc(N3CCc4cc(Cl)ccc4C3)c2)c1. The van der Waals surface area contributed by atoms with E-state index in [0.717, 1.165) is 47.9 Å². The summed E-state index contributed by atoms with van der Waals surface area (Å²) in [5, 5.41) is 0.762. The summed E-state index contributed by atoms with van der Waals surface area (Å²) in [4.78, 5) is 6.54. The number of pyridine rings is 1. The summed E-state index contributed by atoms with van der Waals surface area (Å²) in [5.41, 5.74) is 4.71. The Hall–Kier alpha value is -2.46. The van der Waals surface area contributed by atoms with Crippen molar-refractivity contribution in [1.29, 1.82) is 0 Å². The Morgan fingerprint density at radius 3 is 2.77 bits per heavy atom. The summed E-state index contributed by atoms with van der Waals surface area (Å²) in [6.45, 7) is 1.65. The molecular weight excluding hydrogens is 354 g/mol. The minimum absolute atomic E-state index is 0.310. The molecule has 0 atom stereocenters. The van der Waals surface area contributed by atoms with Crippen molar-refractivity contribution in [1.82, 2.24) is 4.98 Å². The lowest BCUT2D eigenvalue weighted by atomic mass is 9.99. The zero-order chi connectivity index (χ0) is 18.1. The van der Waals surface area contributed by atoms with Gasteiger partial charge in [-0.05, 0) is 65.1 Å². The highest BCUT2D eigenvalue weighted by molar-refractivity contribution is 6.30. The van der Waals surface area contributed by atoms with Crippen molar-refractivity contribution in [2.75, 3.05) is 11.4 Å². The van der Waals surface area contributed by atoms with E-state index < -0.39 is 11.6 Å². The predicted molar refractivity (Wildman–Crippen MR) is 99.6 cm³/mol.